The molecule has 0 bridgehead atoms. The van der Waals surface area contributed by atoms with Gasteiger partial charge in [-0.3, -0.25) is 4.90 Å². The second-order valence-corrected chi connectivity index (χ2v) is 5.40. The van der Waals surface area contributed by atoms with Crippen LogP contribution in [0.3, 0.4) is 0 Å². The minimum Gasteiger partial charge on any atom is -0.479 e. The van der Waals surface area contributed by atoms with Crippen molar-refractivity contribution in [1.82, 2.24) is 14.9 Å². The predicted octanol–water partition coefficient (Wildman–Crippen LogP) is 1.15. The molecule has 3 N–H and O–H groups in total. The van der Waals surface area contributed by atoms with E-state index in [4.69, 9.17) is 15.2 Å². The van der Waals surface area contributed by atoms with Crippen molar-refractivity contribution in [2.24, 2.45) is 0 Å². The Kier molecular flexibility index (Phi) is 6.67. The smallest absolute Gasteiger partial charge is 0.242 e. The fraction of sp³-hybridized carbons (Fsp3) is 0.733. The van der Waals surface area contributed by atoms with Gasteiger partial charge < -0.3 is 20.5 Å². The molecule has 0 spiro atoms. The summed E-state index contributed by atoms with van der Waals surface area (Å²) in [6.07, 6.45) is 2.84. The van der Waals surface area contributed by atoms with Crippen molar-refractivity contribution in [2.75, 3.05) is 57.6 Å². The Morgan fingerprint density at radius 1 is 1.32 bits per heavy atom. The van der Waals surface area contributed by atoms with Gasteiger partial charge in [0.2, 0.25) is 5.88 Å². The quantitative estimate of drug-likeness (QED) is 0.697. The number of nitrogens with zero attached hydrogens (tertiary/aromatic N) is 3. The van der Waals surface area contributed by atoms with Gasteiger partial charge in [-0.1, -0.05) is 6.92 Å². The number of nitrogens with one attached hydrogen (secondary N) is 1. The third-order valence-corrected chi connectivity index (χ3v) is 3.67. The third kappa shape index (κ3) is 4.71. The van der Waals surface area contributed by atoms with Crippen LogP contribution < -0.4 is 15.8 Å². The molecule has 2 rings (SSSR count). The highest BCUT2D eigenvalue weighted by Gasteiger charge is 2.13. The van der Waals surface area contributed by atoms with Crippen molar-refractivity contribution in [2.45, 2.75) is 26.2 Å². The largest absolute Gasteiger partial charge is 0.479 e. The lowest BCUT2D eigenvalue weighted by Crippen LogP contribution is -2.37. The Labute approximate surface area is 132 Å². The third-order valence-electron chi connectivity index (χ3n) is 3.67. The molecule has 0 amide bonds. The molecule has 0 aliphatic carbocycles. The van der Waals surface area contributed by atoms with Crippen molar-refractivity contribution >= 4 is 11.5 Å². The maximum Gasteiger partial charge on any atom is 0.242 e. The molecule has 1 saturated heterocycles. The summed E-state index contributed by atoms with van der Waals surface area (Å²) >= 11 is 0. The number of hydrogen-bond acceptors (Lipinski definition) is 7. The molecule has 124 valence electrons. The molecule has 2 heterocycles. The number of hydrogen-bond donors (Lipinski definition) is 2. The lowest BCUT2D eigenvalue weighted by Gasteiger charge is -2.26. The Balaban J connectivity index is 1.86. The van der Waals surface area contributed by atoms with Crippen LogP contribution in [0.5, 0.6) is 5.88 Å². The van der Waals surface area contributed by atoms with Crippen LogP contribution in [-0.2, 0) is 11.2 Å². The Morgan fingerprint density at radius 3 is 2.77 bits per heavy atom. The van der Waals surface area contributed by atoms with E-state index in [1.807, 2.05) is 0 Å². The number of nitrogen functional groups attached to an aromatic ring is 1. The lowest BCUT2D eigenvalue weighted by atomic mass is 10.3. The number of aromatic nitrogens is 2. The van der Waals surface area contributed by atoms with Crippen LogP contribution in [0.4, 0.5) is 11.5 Å². The molecule has 7 nitrogen and oxygen atoms in total. The minimum atomic E-state index is 0.453. The zero-order chi connectivity index (χ0) is 15.8. The van der Waals surface area contributed by atoms with Crippen LogP contribution in [0.25, 0.3) is 0 Å². The first kappa shape index (κ1) is 16.8. The van der Waals surface area contributed by atoms with Crippen LogP contribution in [0.2, 0.25) is 0 Å². The van der Waals surface area contributed by atoms with Gasteiger partial charge in [0.05, 0.1) is 20.3 Å². The zero-order valence-corrected chi connectivity index (χ0v) is 13.6. The molecule has 1 aromatic heterocycles. The average Bonchev–Trinajstić information content (AvgIpc) is 2.55. The van der Waals surface area contributed by atoms with Crippen LogP contribution in [0, 0.1) is 0 Å². The van der Waals surface area contributed by atoms with E-state index < -0.39 is 0 Å². The highest BCUT2D eigenvalue weighted by molar-refractivity contribution is 5.66. The Morgan fingerprint density at radius 2 is 2.09 bits per heavy atom. The molecule has 0 aromatic carbocycles. The van der Waals surface area contributed by atoms with E-state index in [9.17, 15) is 0 Å². The molecule has 0 atom stereocenters. The Hall–Kier alpha value is -1.60. The maximum atomic E-state index is 6.04. The van der Waals surface area contributed by atoms with E-state index >= 15 is 0 Å². The fourth-order valence-electron chi connectivity index (χ4n) is 2.45. The number of anilines is 2. The molecule has 0 saturated carbocycles. The predicted molar refractivity (Wildman–Crippen MR) is 87.4 cm³/mol. The summed E-state index contributed by atoms with van der Waals surface area (Å²) in [6.45, 7) is 7.69. The highest BCUT2D eigenvalue weighted by atomic mass is 16.5. The lowest BCUT2D eigenvalue weighted by molar-refractivity contribution is 0.0378. The summed E-state index contributed by atoms with van der Waals surface area (Å²) in [4.78, 5) is 11.2. The first-order valence-corrected chi connectivity index (χ1v) is 7.99. The highest BCUT2D eigenvalue weighted by Crippen LogP contribution is 2.26. The van der Waals surface area contributed by atoms with Crippen molar-refractivity contribution < 1.29 is 9.47 Å². The maximum absolute atomic E-state index is 6.04. The van der Waals surface area contributed by atoms with Crippen LogP contribution in [0.1, 0.15) is 25.6 Å². The van der Waals surface area contributed by atoms with Crippen LogP contribution >= 0.6 is 0 Å². The van der Waals surface area contributed by atoms with Crippen molar-refractivity contribution in [1.29, 1.82) is 0 Å². The van der Waals surface area contributed by atoms with Gasteiger partial charge in [-0.15, -0.1) is 0 Å². The summed E-state index contributed by atoms with van der Waals surface area (Å²) in [6, 6.07) is 0. The molecular formula is C15H27N5O2. The van der Waals surface area contributed by atoms with E-state index in [0.717, 1.165) is 64.5 Å². The molecule has 1 fully saturated rings. The molecule has 1 aromatic rings. The molecule has 7 heteroatoms. The summed E-state index contributed by atoms with van der Waals surface area (Å²) in [5, 5.41) is 3.31. The van der Waals surface area contributed by atoms with Gasteiger partial charge in [0, 0.05) is 26.1 Å². The van der Waals surface area contributed by atoms with E-state index in [1.165, 1.54) is 0 Å². The number of morpholine rings is 1. The van der Waals surface area contributed by atoms with Gasteiger partial charge in [0.25, 0.3) is 0 Å². The topological polar surface area (TPSA) is 85.5 Å². The fourth-order valence-corrected chi connectivity index (χ4v) is 2.45. The standard InChI is InChI=1S/C15H27N5O2/c1-3-5-12-18-14(13(16)15(19-12)21-2)17-6-4-7-20-8-10-22-11-9-20/h3-11,16H2,1-2H3,(H,17,18,19). The van der Waals surface area contributed by atoms with Crippen molar-refractivity contribution in [3.63, 3.8) is 0 Å². The van der Waals surface area contributed by atoms with Gasteiger partial charge in [-0.05, 0) is 19.4 Å². The van der Waals surface area contributed by atoms with Gasteiger partial charge in [0.15, 0.2) is 5.82 Å². The SMILES string of the molecule is CCCc1nc(NCCCN2CCOCC2)c(N)c(OC)n1. The second kappa shape index (κ2) is 8.75. The van der Waals surface area contributed by atoms with Gasteiger partial charge >= 0.3 is 0 Å². The second-order valence-electron chi connectivity index (χ2n) is 5.40. The number of rotatable bonds is 8. The van der Waals surface area contributed by atoms with Crippen molar-refractivity contribution in [3.8, 4) is 5.88 Å². The van der Waals surface area contributed by atoms with Gasteiger partial charge in [0.1, 0.15) is 11.5 Å². The van der Waals surface area contributed by atoms with Crippen molar-refractivity contribution in [3.05, 3.63) is 5.82 Å². The number of methoxy groups -OCH3 is 1. The first-order valence-electron chi connectivity index (χ1n) is 7.99. The molecule has 1 aliphatic rings. The van der Waals surface area contributed by atoms with Gasteiger partial charge in [-0.2, -0.15) is 4.98 Å². The monoisotopic (exact) mass is 309 g/mol. The number of aryl methyl sites for hydroxylation is 1. The average molecular weight is 309 g/mol. The molecule has 0 radical (unpaired) electrons. The molecule has 1 aliphatic heterocycles. The van der Waals surface area contributed by atoms with Gasteiger partial charge in [-0.25, -0.2) is 4.98 Å². The summed E-state index contributed by atoms with van der Waals surface area (Å²) in [5.74, 6) is 1.90. The number of ether oxygens (including phenoxy) is 2. The van der Waals surface area contributed by atoms with Crippen LogP contribution in [0.15, 0.2) is 0 Å². The number of nitrogens with two attached hydrogens (primary N) is 1. The molecule has 0 unspecified atom stereocenters. The molecular weight excluding hydrogens is 282 g/mol. The summed E-state index contributed by atoms with van der Waals surface area (Å²) in [7, 11) is 1.58. The van der Waals surface area contributed by atoms with E-state index in [-0.39, 0.29) is 0 Å². The first-order chi connectivity index (χ1) is 10.7. The zero-order valence-electron chi connectivity index (χ0n) is 13.6. The van der Waals surface area contributed by atoms with Crippen LogP contribution in [-0.4, -0.2) is 61.4 Å². The minimum absolute atomic E-state index is 0.453. The Bertz CT molecular complexity index is 463. The summed E-state index contributed by atoms with van der Waals surface area (Å²) < 4.78 is 10.6. The van der Waals surface area contributed by atoms with E-state index in [2.05, 4.69) is 27.1 Å². The van der Waals surface area contributed by atoms with E-state index in [0.29, 0.717) is 17.4 Å². The van der Waals surface area contributed by atoms with E-state index in [1.54, 1.807) is 7.11 Å². The summed E-state index contributed by atoms with van der Waals surface area (Å²) in [5.41, 5.74) is 6.52. The normalized spacial score (nSPS) is 15.7. The molecule has 22 heavy (non-hydrogen) atoms.